The second-order valence-electron chi connectivity index (χ2n) is 6.75. The summed E-state index contributed by atoms with van der Waals surface area (Å²) in [5.41, 5.74) is 3.57. The third-order valence-electron chi connectivity index (χ3n) is 4.84. The maximum Gasteiger partial charge on any atom is 0.255 e. The van der Waals surface area contributed by atoms with Gasteiger partial charge >= 0.3 is 0 Å². The zero-order valence-corrected chi connectivity index (χ0v) is 15.5. The van der Waals surface area contributed by atoms with Crippen molar-refractivity contribution < 1.29 is 4.79 Å². The highest BCUT2D eigenvalue weighted by Gasteiger charge is 2.11. The lowest BCUT2D eigenvalue weighted by Crippen LogP contribution is -2.24. The topological polar surface area (TPSA) is 32.3 Å². The number of hydrogen-bond donors (Lipinski definition) is 1. The molecule has 1 amide bonds. The quantitative estimate of drug-likeness (QED) is 0.808. The van der Waals surface area contributed by atoms with Crippen LogP contribution in [0.2, 0.25) is 5.02 Å². The smallest absolute Gasteiger partial charge is 0.255 e. The van der Waals surface area contributed by atoms with Crippen LogP contribution in [-0.4, -0.2) is 23.9 Å². The van der Waals surface area contributed by atoms with Gasteiger partial charge in [0.2, 0.25) is 0 Å². The Bertz CT molecular complexity index is 719. The molecule has 0 saturated carbocycles. The summed E-state index contributed by atoms with van der Waals surface area (Å²) in [6.45, 7) is 5.23. The van der Waals surface area contributed by atoms with Crippen molar-refractivity contribution in [1.82, 2.24) is 4.90 Å². The molecule has 2 aromatic rings. The summed E-state index contributed by atoms with van der Waals surface area (Å²) in [5, 5.41) is 3.60. The Morgan fingerprint density at radius 1 is 1.04 bits per heavy atom. The fourth-order valence-corrected chi connectivity index (χ4v) is 3.43. The summed E-state index contributed by atoms with van der Waals surface area (Å²) in [5.74, 6) is -0.105. The monoisotopic (exact) mass is 356 g/mol. The number of benzene rings is 2. The van der Waals surface area contributed by atoms with E-state index in [1.165, 1.54) is 44.3 Å². The number of halogens is 1. The van der Waals surface area contributed by atoms with E-state index in [0.29, 0.717) is 10.6 Å². The van der Waals surface area contributed by atoms with Gasteiger partial charge in [0.05, 0.1) is 0 Å². The Hall–Kier alpha value is -1.84. The number of carbonyl (C=O) groups is 1. The molecule has 1 heterocycles. The largest absolute Gasteiger partial charge is 0.322 e. The van der Waals surface area contributed by atoms with Gasteiger partial charge in [-0.25, -0.2) is 0 Å². The molecular formula is C21H25ClN2O. The summed E-state index contributed by atoms with van der Waals surface area (Å²) in [6, 6.07) is 13.5. The van der Waals surface area contributed by atoms with Gasteiger partial charge < -0.3 is 5.32 Å². The van der Waals surface area contributed by atoms with Crippen LogP contribution in [0.1, 0.15) is 47.2 Å². The van der Waals surface area contributed by atoms with E-state index in [4.69, 9.17) is 11.6 Å². The fourth-order valence-electron chi connectivity index (χ4n) is 3.25. The van der Waals surface area contributed by atoms with Gasteiger partial charge in [-0.15, -0.1) is 0 Å². The minimum absolute atomic E-state index is 0.105. The average Bonchev–Trinajstić information content (AvgIpc) is 2.88. The Morgan fingerprint density at radius 2 is 1.72 bits per heavy atom. The Balaban J connectivity index is 1.63. The molecule has 0 unspecified atom stereocenters. The van der Waals surface area contributed by atoms with Gasteiger partial charge in [-0.05, 0) is 68.2 Å². The van der Waals surface area contributed by atoms with E-state index in [-0.39, 0.29) is 5.91 Å². The summed E-state index contributed by atoms with van der Waals surface area (Å²) in [4.78, 5) is 15.0. The molecule has 25 heavy (non-hydrogen) atoms. The number of anilines is 1. The SMILES string of the molecule is Cc1c(Cl)cccc1NC(=O)c1ccc(CN2CCCCCC2)cc1. The number of likely N-dealkylation sites (tertiary alicyclic amines) is 1. The van der Waals surface area contributed by atoms with E-state index < -0.39 is 0 Å². The molecule has 1 N–H and O–H groups in total. The zero-order valence-electron chi connectivity index (χ0n) is 14.7. The van der Waals surface area contributed by atoms with Crippen molar-refractivity contribution in [2.75, 3.05) is 18.4 Å². The molecule has 0 aromatic heterocycles. The maximum atomic E-state index is 12.5. The van der Waals surface area contributed by atoms with Crippen molar-refractivity contribution in [2.45, 2.75) is 39.2 Å². The number of carbonyl (C=O) groups excluding carboxylic acids is 1. The first-order chi connectivity index (χ1) is 12.1. The second kappa shape index (κ2) is 8.50. The van der Waals surface area contributed by atoms with Crippen molar-refractivity contribution in [3.05, 3.63) is 64.2 Å². The number of rotatable bonds is 4. The molecular weight excluding hydrogens is 332 g/mol. The van der Waals surface area contributed by atoms with E-state index in [1.54, 1.807) is 0 Å². The number of amides is 1. The number of nitrogens with one attached hydrogen (secondary N) is 1. The van der Waals surface area contributed by atoms with Gasteiger partial charge in [0.25, 0.3) is 5.91 Å². The van der Waals surface area contributed by atoms with Crippen LogP contribution in [0.3, 0.4) is 0 Å². The molecule has 0 aliphatic carbocycles. The fraction of sp³-hybridized carbons (Fsp3) is 0.381. The number of hydrogen-bond acceptors (Lipinski definition) is 2. The summed E-state index contributed by atoms with van der Waals surface area (Å²) in [7, 11) is 0. The van der Waals surface area contributed by atoms with E-state index in [2.05, 4.69) is 22.3 Å². The predicted molar refractivity (Wildman–Crippen MR) is 104 cm³/mol. The highest BCUT2D eigenvalue weighted by molar-refractivity contribution is 6.31. The first-order valence-electron chi connectivity index (χ1n) is 9.01. The summed E-state index contributed by atoms with van der Waals surface area (Å²) >= 11 is 6.11. The molecule has 1 aliphatic heterocycles. The van der Waals surface area contributed by atoms with Gasteiger partial charge in [0.1, 0.15) is 0 Å². The molecule has 2 aromatic carbocycles. The highest BCUT2D eigenvalue weighted by Crippen LogP contribution is 2.23. The van der Waals surface area contributed by atoms with Crippen molar-refractivity contribution in [1.29, 1.82) is 0 Å². The van der Waals surface area contributed by atoms with E-state index in [9.17, 15) is 4.79 Å². The first-order valence-corrected chi connectivity index (χ1v) is 9.39. The lowest BCUT2D eigenvalue weighted by atomic mass is 10.1. The molecule has 1 aliphatic rings. The van der Waals surface area contributed by atoms with E-state index >= 15 is 0 Å². The molecule has 0 bridgehead atoms. The van der Waals surface area contributed by atoms with Gasteiger partial charge in [-0.1, -0.05) is 42.6 Å². The van der Waals surface area contributed by atoms with E-state index in [1.807, 2.05) is 37.3 Å². The van der Waals surface area contributed by atoms with Gasteiger partial charge in [-0.2, -0.15) is 0 Å². The molecule has 3 rings (SSSR count). The third-order valence-corrected chi connectivity index (χ3v) is 5.25. The Kier molecular flexibility index (Phi) is 6.11. The molecule has 1 saturated heterocycles. The van der Waals surface area contributed by atoms with Gasteiger partial charge in [0, 0.05) is 22.8 Å². The minimum Gasteiger partial charge on any atom is -0.322 e. The highest BCUT2D eigenvalue weighted by atomic mass is 35.5. The van der Waals surface area contributed by atoms with Crippen LogP contribution in [0.25, 0.3) is 0 Å². The maximum absolute atomic E-state index is 12.5. The van der Waals surface area contributed by atoms with Crippen molar-refractivity contribution in [3.8, 4) is 0 Å². The Labute approximate surface area is 155 Å². The first kappa shape index (κ1) is 18.0. The standard InChI is InChI=1S/C21H25ClN2O/c1-16-19(22)7-6-8-20(16)23-21(25)18-11-9-17(10-12-18)15-24-13-4-2-3-5-14-24/h6-12H,2-5,13-15H2,1H3,(H,23,25). The average molecular weight is 357 g/mol. The van der Waals surface area contributed by atoms with Crippen LogP contribution < -0.4 is 5.32 Å². The van der Waals surface area contributed by atoms with Crippen molar-refractivity contribution >= 4 is 23.2 Å². The zero-order chi connectivity index (χ0) is 17.6. The van der Waals surface area contributed by atoms with E-state index in [0.717, 1.165) is 17.8 Å². The van der Waals surface area contributed by atoms with Crippen LogP contribution in [-0.2, 0) is 6.54 Å². The summed E-state index contributed by atoms with van der Waals surface area (Å²) in [6.07, 6.45) is 5.27. The van der Waals surface area contributed by atoms with Crippen LogP contribution >= 0.6 is 11.6 Å². The third kappa shape index (κ3) is 4.83. The van der Waals surface area contributed by atoms with Crippen molar-refractivity contribution in [3.63, 3.8) is 0 Å². The molecule has 3 nitrogen and oxygen atoms in total. The lowest BCUT2D eigenvalue weighted by Gasteiger charge is -2.19. The van der Waals surface area contributed by atoms with Crippen LogP contribution in [0.5, 0.6) is 0 Å². The molecule has 0 atom stereocenters. The Morgan fingerprint density at radius 3 is 2.40 bits per heavy atom. The van der Waals surface area contributed by atoms with Gasteiger partial charge in [-0.3, -0.25) is 9.69 Å². The van der Waals surface area contributed by atoms with Crippen molar-refractivity contribution in [2.24, 2.45) is 0 Å². The minimum atomic E-state index is -0.105. The normalized spacial score (nSPS) is 15.6. The van der Waals surface area contributed by atoms with Crippen LogP contribution in [0, 0.1) is 6.92 Å². The van der Waals surface area contributed by atoms with Crippen LogP contribution in [0.4, 0.5) is 5.69 Å². The molecule has 0 radical (unpaired) electrons. The molecule has 0 spiro atoms. The number of nitrogens with zero attached hydrogens (tertiary/aromatic N) is 1. The van der Waals surface area contributed by atoms with Gasteiger partial charge in [0.15, 0.2) is 0 Å². The molecule has 1 fully saturated rings. The summed E-state index contributed by atoms with van der Waals surface area (Å²) < 4.78 is 0. The second-order valence-corrected chi connectivity index (χ2v) is 7.16. The van der Waals surface area contributed by atoms with Crippen LogP contribution in [0.15, 0.2) is 42.5 Å². The molecule has 4 heteroatoms. The lowest BCUT2D eigenvalue weighted by molar-refractivity contribution is 0.102. The molecule has 132 valence electrons. The predicted octanol–water partition coefficient (Wildman–Crippen LogP) is 5.28.